The lowest BCUT2D eigenvalue weighted by atomic mass is 10.1. The predicted molar refractivity (Wildman–Crippen MR) is 111 cm³/mol. The first-order chi connectivity index (χ1) is 13.9. The van der Waals surface area contributed by atoms with Crippen LogP contribution in [0.25, 0.3) is 0 Å². The highest BCUT2D eigenvalue weighted by molar-refractivity contribution is 7.89. The van der Waals surface area contributed by atoms with Crippen molar-refractivity contribution in [1.29, 1.82) is 0 Å². The molecule has 8 heteroatoms. The smallest absolute Gasteiger partial charge is 0.243 e. The van der Waals surface area contributed by atoms with Crippen LogP contribution in [-0.4, -0.2) is 34.2 Å². The summed E-state index contributed by atoms with van der Waals surface area (Å²) in [5.74, 6) is 1.07. The Morgan fingerprint density at radius 3 is 2.41 bits per heavy atom. The number of nitrogens with one attached hydrogen (secondary N) is 1. The van der Waals surface area contributed by atoms with E-state index in [1.54, 1.807) is 28.6 Å². The summed E-state index contributed by atoms with van der Waals surface area (Å²) in [6.45, 7) is 4.31. The van der Waals surface area contributed by atoms with Gasteiger partial charge in [-0.25, -0.2) is 23.4 Å². The van der Waals surface area contributed by atoms with Crippen LogP contribution in [0, 0.1) is 13.8 Å². The molecule has 150 valence electrons. The van der Waals surface area contributed by atoms with E-state index in [0.717, 1.165) is 29.9 Å². The van der Waals surface area contributed by atoms with Gasteiger partial charge in [-0.15, -0.1) is 0 Å². The second-order valence-corrected chi connectivity index (χ2v) is 9.02. The Morgan fingerprint density at radius 1 is 0.966 bits per heavy atom. The number of benzene rings is 1. The molecule has 3 aromatic rings. The average molecular weight is 410 g/mol. The molecule has 1 atom stereocenters. The lowest BCUT2D eigenvalue weighted by molar-refractivity contribution is 0.391. The van der Waals surface area contributed by atoms with E-state index < -0.39 is 10.0 Å². The molecule has 4 rings (SSSR count). The number of rotatable bonds is 5. The molecule has 1 aromatic carbocycles. The number of aromatic nitrogens is 3. The van der Waals surface area contributed by atoms with Gasteiger partial charge < -0.3 is 5.32 Å². The third-order valence-corrected chi connectivity index (χ3v) is 6.81. The maximum absolute atomic E-state index is 13.1. The topological polar surface area (TPSA) is 88.1 Å². The summed E-state index contributed by atoms with van der Waals surface area (Å²) in [5.41, 5.74) is 2.45. The minimum Gasteiger partial charge on any atom is -0.309 e. The molecule has 0 radical (unpaired) electrons. The van der Waals surface area contributed by atoms with Crippen molar-refractivity contribution >= 4 is 21.8 Å². The van der Waals surface area contributed by atoms with E-state index in [1.807, 2.05) is 44.2 Å². The van der Waals surface area contributed by atoms with Crippen molar-refractivity contribution in [3.05, 3.63) is 71.7 Å². The van der Waals surface area contributed by atoms with E-state index in [0.29, 0.717) is 23.2 Å². The highest BCUT2D eigenvalue weighted by Gasteiger charge is 2.36. The van der Waals surface area contributed by atoms with Crippen LogP contribution >= 0.6 is 0 Å². The maximum Gasteiger partial charge on any atom is 0.243 e. The molecule has 0 spiro atoms. The lowest BCUT2D eigenvalue weighted by Crippen LogP contribution is -2.31. The van der Waals surface area contributed by atoms with Gasteiger partial charge >= 0.3 is 0 Å². The molecule has 0 unspecified atom stereocenters. The van der Waals surface area contributed by atoms with Gasteiger partial charge in [0.25, 0.3) is 0 Å². The van der Waals surface area contributed by atoms with Crippen molar-refractivity contribution in [2.24, 2.45) is 0 Å². The summed E-state index contributed by atoms with van der Waals surface area (Å²) in [5, 5.41) is 3.13. The Hall–Kier alpha value is -2.84. The molecule has 1 aliphatic rings. The van der Waals surface area contributed by atoms with E-state index in [1.165, 1.54) is 0 Å². The largest absolute Gasteiger partial charge is 0.309 e. The molecule has 0 aliphatic carbocycles. The first-order valence-electron chi connectivity index (χ1n) is 9.57. The Labute approximate surface area is 170 Å². The summed E-state index contributed by atoms with van der Waals surface area (Å²) < 4.78 is 27.8. The second kappa shape index (κ2) is 7.88. The zero-order valence-electron chi connectivity index (χ0n) is 16.4. The molecular weight excluding hydrogens is 386 g/mol. The number of nitrogens with zero attached hydrogens (tertiary/aromatic N) is 4. The summed E-state index contributed by atoms with van der Waals surface area (Å²) in [6, 6.07) is 15.7. The standard InChI is InChI=1S/C21H23N5O2S/c1-15-14-16(2)23-21(22-15)25-20-12-6-10-18(24-20)19-11-7-13-26(19)29(27,28)17-8-4-3-5-9-17/h3-6,8-10,12,14,19H,7,11,13H2,1-2H3,(H,22,23,24,25)/t19-/m0/s1. The number of hydrogen-bond donors (Lipinski definition) is 1. The van der Waals surface area contributed by atoms with Gasteiger partial charge in [0, 0.05) is 17.9 Å². The highest BCUT2D eigenvalue weighted by atomic mass is 32.2. The van der Waals surface area contributed by atoms with Crippen LogP contribution in [0.3, 0.4) is 0 Å². The van der Waals surface area contributed by atoms with E-state index >= 15 is 0 Å². The van der Waals surface area contributed by atoms with Crippen LogP contribution in [0.1, 0.15) is 36.0 Å². The van der Waals surface area contributed by atoms with Gasteiger partial charge in [0.05, 0.1) is 16.6 Å². The van der Waals surface area contributed by atoms with E-state index in [4.69, 9.17) is 0 Å². The van der Waals surface area contributed by atoms with E-state index in [-0.39, 0.29) is 6.04 Å². The van der Waals surface area contributed by atoms with Gasteiger partial charge in [0.1, 0.15) is 5.82 Å². The number of sulfonamides is 1. The predicted octanol–water partition coefficient (Wildman–Crippen LogP) is 3.76. The number of anilines is 2. The van der Waals surface area contributed by atoms with Gasteiger partial charge in [-0.05, 0) is 57.0 Å². The SMILES string of the molecule is Cc1cc(C)nc(Nc2cccc([C@@H]3CCCN3S(=O)(=O)c3ccccc3)n2)n1. The van der Waals surface area contributed by atoms with Crippen LogP contribution in [0.5, 0.6) is 0 Å². The minimum absolute atomic E-state index is 0.290. The third-order valence-electron chi connectivity index (χ3n) is 4.89. The third kappa shape index (κ3) is 4.13. The zero-order chi connectivity index (χ0) is 20.4. The molecule has 1 N–H and O–H groups in total. The number of aryl methyl sites for hydroxylation is 2. The van der Waals surface area contributed by atoms with Crippen LogP contribution in [-0.2, 0) is 10.0 Å². The molecule has 29 heavy (non-hydrogen) atoms. The normalized spacial score (nSPS) is 17.4. The molecule has 0 saturated carbocycles. The molecule has 3 heterocycles. The first kappa shape index (κ1) is 19.5. The molecule has 0 amide bonds. The van der Waals surface area contributed by atoms with E-state index in [9.17, 15) is 8.42 Å². The van der Waals surface area contributed by atoms with Crippen molar-refractivity contribution in [2.45, 2.75) is 37.6 Å². The monoisotopic (exact) mass is 409 g/mol. The summed E-state index contributed by atoms with van der Waals surface area (Å²) in [4.78, 5) is 13.7. The van der Waals surface area contributed by atoms with Crippen molar-refractivity contribution in [2.75, 3.05) is 11.9 Å². The highest BCUT2D eigenvalue weighted by Crippen LogP contribution is 2.36. The summed E-state index contributed by atoms with van der Waals surface area (Å²) >= 11 is 0. The second-order valence-electron chi connectivity index (χ2n) is 7.13. The minimum atomic E-state index is -3.57. The maximum atomic E-state index is 13.1. The molecule has 0 bridgehead atoms. The fourth-order valence-corrected chi connectivity index (χ4v) is 5.34. The van der Waals surface area contributed by atoms with Gasteiger partial charge in [-0.1, -0.05) is 24.3 Å². The van der Waals surface area contributed by atoms with E-state index in [2.05, 4.69) is 20.3 Å². The van der Waals surface area contributed by atoms with Crippen molar-refractivity contribution in [3.8, 4) is 0 Å². The molecule has 7 nitrogen and oxygen atoms in total. The van der Waals surface area contributed by atoms with Crippen molar-refractivity contribution in [3.63, 3.8) is 0 Å². The summed E-state index contributed by atoms with van der Waals surface area (Å²) in [7, 11) is -3.57. The molecule has 1 aliphatic heterocycles. The van der Waals surface area contributed by atoms with Gasteiger partial charge in [0.15, 0.2) is 0 Å². The molecule has 2 aromatic heterocycles. The van der Waals surface area contributed by atoms with Crippen LogP contribution in [0.2, 0.25) is 0 Å². The Balaban J connectivity index is 1.62. The quantitative estimate of drug-likeness (QED) is 0.690. The molecule has 1 saturated heterocycles. The Morgan fingerprint density at radius 2 is 1.69 bits per heavy atom. The molecular formula is C21H23N5O2S. The van der Waals surface area contributed by atoms with Crippen LogP contribution < -0.4 is 5.32 Å². The number of pyridine rings is 1. The number of hydrogen-bond acceptors (Lipinski definition) is 6. The average Bonchev–Trinajstić information content (AvgIpc) is 3.19. The van der Waals surface area contributed by atoms with Crippen molar-refractivity contribution in [1.82, 2.24) is 19.3 Å². The van der Waals surface area contributed by atoms with Crippen LogP contribution in [0.15, 0.2) is 59.5 Å². The van der Waals surface area contributed by atoms with Gasteiger partial charge in [-0.3, -0.25) is 0 Å². The fourth-order valence-electron chi connectivity index (χ4n) is 3.65. The zero-order valence-corrected chi connectivity index (χ0v) is 17.2. The van der Waals surface area contributed by atoms with Gasteiger partial charge in [0.2, 0.25) is 16.0 Å². The fraction of sp³-hybridized carbons (Fsp3) is 0.286. The Bertz CT molecular complexity index is 1100. The first-order valence-corrected chi connectivity index (χ1v) is 11.0. The lowest BCUT2D eigenvalue weighted by Gasteiger charge is -2.24. The van der Waals surface area contributed by atoms with Crippen LogP contribution in [0.4, 0.5) is 11.8 Å². The molecule has 1 fully saturated rings. The van der Waals surface area contributed by atoms with Gasteiger partial charge in [-0.2, -0.15) is 4.31 Å². The Kier molecular flexibility index (Phi) is 5.29. The van der Waals surface area contributed by atoms with Crippen molar-refractivity contribution < 1.29 is 8.42 Å². The summed E-state index contributed by atoms with van der Waals surface area (Å²) in [6.07, 6.45) is 1.54.